The zero-order chi connectivity index (χ0) is 15.3. The molecule has 1 aliphatic heterocycles. The van der Waals surface area contributed by atoms with Crippen LogP contribution in [0.3, 0.4) is 0 Å². The predicted molar refractivity (Wildman–Crippen MR) is 82.8 cm³/mol. The molecule has 21 heavy (non-hydrogen) atoms. The Morgan fingerprint density at radius 2 is 2.29 bits per heavy atom. The van der Waals surface area contributed by atoms with Gasteiger partial charge in [-0.15, -0.1) is 0 Å². The van der Waals surface area contributed by atoms with Gasteiger partial charge in [-0.25, -0.2) is 13.4 Å². The number of aryl methyl sites for hydroxylation is 1. The SMILES string of the molecule is CCCNCC(Cc1ncnn1CC)C1CCS(=O)(=O)C1. The second kappa shape index (κ2) is 7.35. The highest BCUT2D eigenvalue weighted by Gasteiger charge is 2.34. The van der Waals surface area contributed by atoms with E-state index in [2.05, 4.69) is 22.3 Å². The van der Waals surface area contributed by atoms with Crippen molar-refractivity contribution in [3.8, 4) is 0 Å². The molecule has 0 aliphatic carbocycles. The van der Waals surface area contributed by atoms with Gasteiger partial charge >= 0.3 is 0 Å². The second-order valence-corrected chi connectivity index (χ2v) is 8.05. The summed E-state index contributed by atoms with van der Waals surface area (Å²) in [4.78, 5) is 4.34. The van der Waals surface area contributed by atoms with E-state index in [-0.39, 0.29) is 5.92 Å². The topological polar surface area (TPSA) is 76.9 Å². The van der Waals surface area contributed by atoms with Gasteiger partial charge in [0.1, 0.15) is 12.2 Å². The average Bonchev–Trinajstić information content (AvgIpc) is 3.03. The Morgan fingerprint density at radius 1 is 1.48 bits per heavy atom. The molecule has 1 saturated heterocycles. The van der Waals surface area contributed by atoms with Crippen LogP contribution in [0.2, 0.25) is 0 Å². The zero-order valence-electron chi connectivity index (χ0n) is 13.0. The van der Waals surface area contributed by atoms with Crippen LogP contribution < -0.4 is 5.32 Å². The fourth-order valence-corrected chi connectivity index (χ4v) is 4.93. The third-order valence-electron chi connectivity index (χ3n) is 4.21. The molecule has 1 aromatic rings. The van der Waals surface area contributed by atoms with E-state index in [1.165, 1.54) is 0 Å². The third-order valence-corrected chi connectivity index (χ3v) is 6.00. The summed E-state index contributed by atoms with van der Waals surface area (Å²) in [6.07, 6.45) is 4.24. The lowest BCUT2D eigenvalue weighted by Gasteiger charge is -2.22. The van der Waals surface area contributed by atoms with Crippen LogP contribution in [0, 0.1) is 11.8 Å². The highest BCUT2D eigenvalue weighted by Crippen LogP contribution is 2.28. The number of hydrogen-bond acceptors (Lipinski definition) is 5. The molecule has 2 heterocycles. The van der Waals surface area contributed by atoms with Crippen LogP contribution in [0.4, 0.5) is 0 Å². The van der Waals surface area contributed by atoms with E-state index in [1.807, 2.05) is 11.6 Å². The van der Waals surface area contributed by atoms with Gasteiger partial charge in [-0.05, 0) is 44.7 Å². The monoisotopic (exact) mass is 314 g/mol. The molecule has 0 bridgehead atoms. The molecule has 1 fully saturated rings. The molecule has 1 aromatic heterocycles. The lowest BCUT2D eigenvalue weighted by atomic mass is 9.88. The Hall–Kier alpha value is -0.950. The zero-order valence-corrected chi connectivity index (χ0v) is 13.8. The Bertz CT molecular complexity index is 541. The van der Waals surface area contributed by atoms with Crippen LogP contribution in [0.25, 0.3) is 0 Å². The van der Waals surface area contributed by atoms with Gasteiger partial charge in [0.15, 0.2) is 9.84 Å². The lowest BCUT2D eigenvalue weighted by Crippen LogP contribution is -2.32. The summed E-state index contributed by atoms with van der Waals surface area (Å²) in [5.41, 5.74) is 0. The van der Waals surface area contributed by atoms with Crippen molar-refractivity contribution in [2.75, 3.05) is 24.6 Å². The van der Waals surface area contributed by atoms with Gasteiger partial charge in [-0.3, -0.25) is 4.68 Å². The number of hydrogen-bond donors (Lipinski definition) is 1. The summed E-state index contributed by atoms with van der Waals surface area (Å²) >= 11 is 0. The van der Waals surface area contributed by atoms with Gasteiger partial charge in [0.05, 0.1) is 11.5 Å². The first-order valence-corrected chi connectivity index (χ1v) is 9.65. The maximum absolute atomic E-state index is 11.7. The number of nitrogens with zero attached hydrogens (tertiary/aromatic N) is 3. The van der Waals surface area contributed by atoms with E-state index in [9.17, 15) is 8.42 Å². The van der Waals surface area contributed by atoms with Gasteiger partial charge in [0.2, 0.25) is 0 Å². The van der Waals surface area contributed by atoms with Crippen LogP contribution in [-0.4, -0.2) is 47.8 Å². The fourth-order valence-electron chi connectivity index (χ4n) is 3.01. The maximum Gasteiger partial charge on any atom is 0.150 e. The Morgan fingerprint density at radius 3 is 2.90 bits per heavy atom. The summed E-state index contributed by atoms with van der Waals surface area (Å²) < 4.78 is 25.4. The van der Waals surface area contributed by atoms with Crippen molar-refractivity contribution in [3.63, 3.8) is 0 Å². The van der Waals surface area contributed by atoms with Gasteiger partial charge in [0, 0.05) is 13.0 Å². The smallest absolute Gasteiger partial charge is 0.150 e. The predicted octanol–water partition coefficient (Wildman–Crippen LogP) is 0.891. The van der Waals surface area contributed by atoms with Crippen molar-refractivity contribution in [3.05, 3.63) is 12.2 Å². The standard InChI is InChI=1S/C14H26N4O2S/c1-3-6-15-9-13(12-5-7-21(19,20)10-12)8-14-16-11-17-18(14)4-2/h11-13,15H,3-10H2,1-2H3. The van der Waals surface area contributed by atoms with Crippen molar-refractivity contribution in [2.24, 2.45) is 11.8 Å². The minimum atomic E-state index is -2.84. The second-order valence-electron chi connectivity index (χ2n) is 5.82. The molecule has 2 rings (SSSR count). The molecule has 6 nitrogen and oxygen atoms in total. The Balaban J connectivity index is 2.05. The number of sulfone groups is 1. The lowest BCUT2D eigenvalue weighted by molar-refractivity contribution is 0.333. The number of nitrogens with one attached hydrogen (secondary N) is 1. The molecule has 0 aromatic carbocycles. The first-order valence-electron chi connectivity index (χ1n) is 7.83. The normalized spacial score (nSPS) is 22.5. The van der Waals surface area contributed by atoms with Gasteiger partial charge in [0.25, 0.3) is 0 Å². The minimum Gasteiger partial charge on any atom is -0.316 e. The molecule has 1 N–H and O–H groups in total. The minimum absolute atomic E-state index is 0.237. The quantitative estimate of drug-likeness (QED) is 0.721. The highest BCUT2D eigenvalue weighted by atomic mass is 32.2. The number of rotatable bonds is 8. The summed E-state index contributed by atoms with van der Waals surface area (Å²) in [5.74, 6) is 2.17. The van der Waals surface area contributed by atoms with E-state index in [4.69, 9.17) is 0 Å². The first-order chi connectivity index (χ1) is 10.1. The van der Waals surface area contributed by atoms with Crippen molar-refractivity contribution in [1.82, 2.24) is 20.1 Å². The molecule has 2 unspecified atom stereocenters. The Labute approximate surface area is 127 Å². The van der Waals surface area contributed by atoms with Gasteiger partial charge in [-0.2, -0.15) is 5.10 Å². The average molecular weight is 314 g/mol. The largest absolute Gasteiger partial charge is 0.316 e. The molecule has 1 aliphatic rings. The highest BCUT2D eigenvalue weighted by molar-refractivity contribution is 7.91. The summed E-state index contributed by atoms with van der Waals surface area (Å²) in [6.45, 7) is 6.80. The molecular formula is C14H26N4O2S. The van der Waals surface area contributed by atoms with Gasteiger partial charge in [-0.1, -0.05) is 6.92 Å². The maximum atomic E-state index is 11.7. The molecule has 2 atom stereocenters. The summed E-state index contributed by atoms with van der Waals surface area (Å²) in [6, 6.07) is 0. The fraction of sp³-hybridized carbons (Fsp3) is 0.857. The van der Waals surface area contributed by atoms with E-state index < -0.39 is 9.84 Å². The van der Waals surface area contributed by atoms with Crippen LogP contribution >= 0.6 is 0 Å². The van der Waals surface area contributed by atoms with Crippen molar-refractivity contribution in [1.29, 1.82) is 0 Å². The Kier molecular flexibility index (Phi) is 5.75. The van der Waals surface area contributed by atoms with Gasteiger partial charge < -0.3 is 5.32 Å². The number of aromatic nitrogens is 3. The molecule has 7 heteroatoms. The van der Waals surface area contributed by atoms with Crippen molar-refractivity contribution >= 4 is 9.84 Å². The molecule has 0 spiro atoms. The van der Waals surface area contributed by atoms with E-state index >= 15 is 0 Å². The van der Waals surface area contributed by atoms with Crippen LogP contribution in [0.1, 0.15) is 32.5 Å². The van der Waals surface area contributed by atoms with E-state index in [0.717, 1.165) is 44.7 Å². The van der Waals surface area contributed by atoms with Crippen molar-refractivity contribution < 1.29 is 8.42 Å². The van der Waals surface area contributed by atoms with E-state index in [0.29, 0.717) is 17.4 Å². The van der Waals surface area contributed by atoms with E-state index in [1.54, 1.807) is 6.33 Å². The molecule has 0 radical (unpaired) electrons. The molecule has 0 saturated carbocycles. The summed E-state index contributed by atoms with van der Waals surface area (Å²) in [5, 5.41) is 7.64. The summed E-state index contributed by atoms with van der Waals surface area (Å²) in [7, 11) is -2.84. The van der Waals surface area contributed by atoms with Crippen LogP contribution in [0.5, 0.6) is 0 Å². The van der Waals surface area contributed by atoms with Crippen molar-refractivity contribution in [2.45, 2.75) is 39.7 Å². The third kappa shape index (κ3) is 4.51. The molecule has 120 valence electrons. The van der Waals surface area contributed by atoms with Crippen LogP contribution in [-0.2, 0) is 22.8 Å². The first kappa shape index (κ1) is 16.4. The molecule has 0 amide bonds. The van der Waals surface area contributed by atoms with Crippen LogP contribution in [0.15, 0.2) is 6.33 Å². The molecular weight excluding hydrogens is 288 g/mol.